The molecule has 0 unspecified atom stereocenters. The molecule has 1 aromatic carbocycles. The maximum absolute atomic E-state index is 5.83. The van der Waals surface area contributed by atoms with Gasteiger partial charge in [0.05, 0.1) is 7.11 Å². The van der Waals surface area contributed by atoms with Crippen molar-refractivity contribution in [2.24, 2.45) is 0 Å². The second-order valence-corrected chi connectivity index (χ2v) is 4.49. The first-order chi connectivity index (χ1) is 7.07. The van der Waals surface area contributed by atoms with Crippen LogP contribution in [0.1, 0.15) is 19.4 Å². The summed E-state index contributed by atoms with van der Waals surface area (Å²) in [5.41, 5.74) is 1.16. The van der Waals surface area contributed by atoms with Crippen LogP contribution in [0.25, 0.3) is 0 Å². The third-order valence-corrected chi connectivity index (χ3v) is 2.91. The predicted octanol–water partition coefficient (Wildman–Crippen LogP) is 2.80. The Bertz CT molecular complexity index is 312. The summed E-state index contributed by atoms with van der Waals surface area (Å²) < 4.78 is 5.16. The van der Waals surface area contributed by atoms with E-state index in [1.54, 1.807) is 7.11 Å². The Morgan fingerprint density at radius 1 is 1.40 bits per heavy atom. The SMILES string of the molecule is COc1cccc(CNC(C)(C)CCl)c1. The van der Waals surface area contributed by atoms with E-state index >= 15 is 0 Å². The second kappa shape index (κ2) is 5.38. The topological polar surface area (TPSA) is 21.3 Å². The highest BCUT2D eigenvalue weighted by Crippen LogP contribution is 2.13. The van der Waals surface area contributed by atoms with Gasteiger partial charge in [0.15, 0.2) is 0 Å². The van der Waals surface area contributed by atoms with E-state index in [9.17, 15) is 0 Å². The number of hydrogen-bond acceptors (Lipinski definition) is 2. The first-order valence-electron chi connectivity index (χ1n) is 5.01. The molecular formula is C12H18ClNO. The van der Waals surface area contributed by atoms with E-state index in [4.69, 9.17) is 16.3 Å². The number of benzene rings is 1. The third-order valence-electron chi connectivity index (χ3n) is 2.24. The minimum absolute atomic E-state index is 0.0371. The summed E-state index contributed by atoms with van der Waals surface area (Å²) >= 11 is 5.83. The lowest BCUT2D eigenvalue weighted by Gasteiger charge is -2.23. The fourth-order valence-corrected chi connectivity index (χ4v) is 1.27. The average molecular weight is 228 g/mol. The molecule has 3 heteroatoms. The van der Waals surface area contributed by atoms with Gasteiger partial charge < -0.3 is 10.1 Å². The van der Waals surface area contributed by atoms with Crippen LogP contribution in [0.4, 0.5) is 0 Å². The van der Waals surface area contributed by atoms with Crippen LogP contribution in [0.3, 0.4) is 0 Å². The minimum Gasteiger partial charge on any atom is -0.497 e. The fourth-order valence-electron chi connectivity index (χ4n) is 1.17. The van der Waals surface area contributed by atoms with E-state index in [1.807, 2.05) is 18.2 Å². The van der Waals surface area contributed by atoms with Gasteiger partial charge in [-0.2, -0.15) is 0 Å². The number of rotatable bonds is 5. The molecular weight excluding hydrogens is 210 g/mol. The molecule has 0 saturated carbocycles. The number of alkyl halides is 1. The Hall–Kier alpha value is -0.730. The Balaban J connectivity index is 2.57. The Kier molecular flexibility index (Phi) is 4.43. The summed E-state index contributed by atoms with van der Waals surface area (Å²) in [7, 11) is 1.68. The highest BCUT2D eigenvalue weighted by Gasteiger charge is 2.14. The molecule has 0 heterocycles. The molecule has 0 saturated heterocycles. The third kappa shape index (κ3) is 4.10. The monoisotopic (exact) mass is 227 g/mol. The molecule has 0 fully saturated rings. The minimum atomic E-state index is -0.0371. The maximum Gasteiger partial charge on any atom is 0.119 e. The summed E-state index contributed by atoms with van der Waals surface area (Å²) in [6.07, 6.45) is 0. The molecule has 15 heavy (non-hydrogen) atoms. The van der Waals surface area contributed by atoms with E-state index in [1.165, 1.54) is 5.56 Å². The predicted molar refractivity (Wildman–Crippen MR) is 64.6 cm³/mol. The summed E-state index contributed by atoms with van der Waals surface area (Å²) in [6.45, 7) is 4.97. The molecule has 0 radical (unpaired) electrons. The Morgan fingerprint density at radius 2 is 2.13 bits per heavy atom. The van der Waals surface area contributed by atoms with Gasteiger partial charge in [-0.15, -0.1) is 11.6 Å². The zero-order chi connectivity index (χ0) is 11.3. The van der Waals surface area contributed by atoms with Crippen LogP contribution in [-0.2, 0) is 6.54 Å². The largest absolute Gasteiger partial charge is 0.497 e. The number of nitrogens with one attached hydrogen (secondary N) is 1. The molecule has 0 aliphatic heterocycles. The van der Waals surface area contributed by atoms with Gasteiger partial charge in [0.1, 0.15) is 5.75 Å². The lowest BCUT2D eigenvalue weighted by atomic mass is 10.1. The molecule has 2 nitrogen and oxygen atoms in total. The molecule has 0 aromatic heterocycles. The number of hydrogen-bond donors (Lipinski definition) is 1. The van der Waals surface area contributed by atoms with Crippen molar-refractivity contribution in [1.29, 1.82) is 0 Å². The van der Waals surface area contributed by atoms with Crippen LogP contribution in [-0.4, -0.2) is 18.5 Å². The van der Waals surface area contributed by atoms with Crippen molar-refractivity contribution in [2.75, 3.05) is 13.0 Å². The van der Waals surface area contributed by atoms with Gasteiger partial charge in [-0.1, -0.05) is 12.1 Å². The summed E-state index contributed by atoms with van der Waals surface area (Å²) in [5, 5.41) is 3.39. The molecule has 0 aliphatic rings. The first-order valence-corrected chi connectivity index (χ1v) is 5.55. The van der Waals surface area contributed by atoms with Gasteiger partial charge in [0.25, 0.3) is 0 Å². The average Bonchev–Trinajstić information content (AvgIpc) is 2.27. The highest BCUT2D eigenvalue weighted by atomic mass is 35.5. The van der Waals surface area contributed by atoms with Gasteiger partial charge in [-0.25, -0.2) is 0 Å². The van der Waals surface area contributed by atoms with Crippen LogP contribution < -0.4 is 10.1 Å². The van der Waals surface area contributed by atoms with Crippen LogP contribution in [0.2, 0.25) is 0 Å². The van der Waals surface area contributed by atoms with Crippen LogP contribution in [0.15, 0.2) is 24.3 Å². The van der Waals surface area contributed by atoms with Crippen LogP contribution in [0.5, 0.6) is 5.75 Å². The molecule has 0 atom stereocenters. The van der Waals surface area contributed by atoms with Crippen molar-refractivity contribution in [2.45, 2.75) is 25.9 Å². The van der Waals surface area contributed by atoms with Gasteiger partial charge in [0, 0.05) is 18.0 Å². The quantitative estimate of drug-likeness (QED) is 0.782. The molecule has 1 aromatic rings. The maximum atomic E-state index is 5.83. The molecule has 84 valence electrons. The summed E-state index contributed by atoms with van der Waals surface area (Å²) in [5.74, 6) is 1.48. The van der Waals surface area contributed by atoms with Crippen molar-refractivity contribution in [3.63, 3.8) is 0 Å². The standard InChI is InChI=1S/C12H18ClNO/c1-12(2,9-13)14-8-10-5-4-6-11(7-10)15-3/h4-7,14H,8-9H2,1-3H3. The Morgan fingerprint density at radius 3 is 2.73 bits per heavy atom. The Labute approximate surface area is 96.6 Å². The lowest BCUT2D eigenvalue weighted by molar-refractivity contribution is 0.410. The molecule has 0 amide bonds. The molecule has 0 bridgehead atoms. The van der Waals surface area contributed by atoms with Crippen LogP contribution in [0, 0.1) is 0 Å². The van der Waals surface area contributed by atoms with E-state index in [0.717, 1.165) is 12.3 Å². The summed E-state index contributed by atoms with van der Waals surface area (Å²) in [6, 6.07) is 8.02. The van der Waals surface area contributed by atoms with E-state index < -0.39 is 0 Å². The smallest absolute Gasteiger partial charge is 0.119 e. The van der Waals surface area contributed by atoms with Gasteiger partial charge in [-0.3, -0.25) is 0 Å². The number of halogens is 1. The molecule has 1 N–H and O–H groups in total. The lowest BCUT2D eigenvalue weighted by Crippen LogP contribution is -2.40. The van der Waals surface area contributed by atoms with Crippen molar-refractivity contribution in [1.82, 2.24) is 5.32 Å². The van der Waals surface area contributed by atoms with Crippen molar-refractivity contribution < 1.29 is 4.74 Å². The molecule has 0 aliphatic carbocycles. The zero-order valence-corrected chi connectivity index (χ0v) is 10.3. The number of methoxy groups -OCH3 is 1. The number of ether oxygens (including phenoxy) is 1. The van der Waals surface area contributed by atoms with Crippen molar-refractivity contribution in [3.8, 4) is 5.75 Å². The molecule has 1 rings (SSSR count). The van der Waals surface area contributed by atoms with Crippen molar-refractivity contribution in [3.05, 3.63) is 29.8 Å². The van der Waals surface area contributed by atoms with Gasteiger partial charge in [0.2, 0.25) is 0 Å². The second-order valence-electron chi connectivity index (χ2n) is 4.22. The fraction of sp³-hybridized carbons (Fsp3) is 0.500. The van der Waals surface area contributed by atoms with Crippen molar-refractivity contribution >= 4 is 11.6 Å². The normalized spacial score (nSPS) is 11.5. The first kappa shape index (κ1) is 12.3. The van der Waals surface area contributed by atoms with E-state index in [-0.39, 0.29) is 5.54 Å². The zero-order valence-electron chi connectivity index (χ0n) is 9.51. The summed E-state index contributed by atoms with van der Waals surface area (Å²) in [4.78, 5) is 0. The van der Waals surface area contributed by atoms with E-state index in [2.05, 4.69) is 25.2 Å². The highest BCUT2D eigenvalue weighted by molar-refractivity contribution is 6.18. The molecule has 0 spiro atoms. The van der Waals surface area contributed by atoms with Gasteiger partial charge >= 0.3 is 0 Å². The van der Waals surface area contributed by atoms with Crippen LogP contribution >= 0.6 is 11.6 Å². The van der Waals surface area contributed by atoms with Gasteiger partial charge in [-0.05, 0) is 31.5 Å². The van der Waals surface area contributed by atoms with E-state index in [0.29, 0.717) is 5.88 Å².